The molecule has 2 aliphatic rings. The van der Waals surface area contributed by atoms with E-state index in [1.54, 1.807) is 0 Å². The quantitative estimate of drug-likeness (QED) is 0.807. The summed E-state index contributed by atoms with van der Waals surface area (Å²) in [7, 11) is 0. The molecule has 1 aliphatic heterocycles. The van der Waals surface area contributed by atoms with Gasteiger partial charge in [0.1, 0.15) is 0 Å². The topological polar surface area (TPSA) is 46.3 Å². The monoisotopic (exact) mass is 292 g/mol. The minimum atomic E-state index is -4.20. The van der Waals surface area contributed by atoms with Crippen molar-refractivity contribution in [2.45, 2.75) is 51.2 Å². The maximum atomic E-state index is 12.8. The Labute approximate surface area is 117 Å². The van der Waals surface area contributed by atoms with Crippen LogP contribution in [0.25, 0.3) is 0 Å². The molecule has 4 atom stereocenters. The SMILES string of the molecule is CC1C(N)CCCC1C(=O)N1CCCC(C(F)(F)F)C1. The zero-order valence-corrected chi connectivity index (χ0v) is 11.8. The average molecular weight is 292 g/mol. The molecule has 2 N–H and O–H groups in total. The van der Waals surface area contributed by atoms with Crippen molar-refractivity contribution in [3.8, 4) is 0 Å². The molecule has 0 radical (unpaired) electrons. The molecule has 0 bridgehead atoms. The van der Waals surface area contributed by atoms with Gasteiger partial charge in [-0.2, -0.15) is 13.2 Å². The molecule has 116 valence electrons. The van der Waals surface area contributed by atoms with E-state index in [-0.39, 0.29) is 36.8 Å². The molecule has 0 aromatic rings. The molecule has 4 unspecified atom stereocenters. The van der Waals surface area contributed by atoms with Crippen molar-refractivity contribution in [2.75, 3.05) is 13.1 Å². The predicted octanol–water partition coefficient (Wildman–Crippen LogP) is 2.55. The molecular formula is C14H23F3N2O. The van der Waals surface area contributed by atoms with Gasteiger partial charge in [-0.05, 0) is 31.6 Å². The van der Waals surface area contributed by atoms with E-state index in [9.17, 15) is 18.0 Å². The number of amides is 1. The lowest BCUT2D eigenvalue weighted by atomic mass is 9.76. The van der Waals surface area contributed by atoms with Gasteiger partial charge in [0.2, 0.25) is 5.91 Å². The molecule has 0 spiro atoms. The molecule has 0 aromatic heterocycles. The Balaban J connectivity index is 2.01. The van der Waals surface area contributed by atoms with Crippen LogP contribution in [-0.4, -0.2) is 36.1 Å². The fourth-order valence-electron chi connectivity index (χ4n) is 3.43. The first-order valence-electron chi connectivity index (χ1n) is 7.41. The van der Waals surface area contributed by atoms with Gasteiger partial charge in [-0.15, -0.1) is 0 Å². The van der Waals surface area contributed by atoms with Gasteiger partial charge in [-0.3, -0.25) is 4.79 Å². The Bertz CT molecular complexity index is 359. The van der Waals surface area contributed by atoms with E-state index in [2.05, 4.69) is 0 Å². The van der Waals surface area contributed by atoms with Gasteiger partial charge in [0.15, 0.2) is 0 Å². The van der Waals surface area contributed by atoms with Crippen molar-refractivity contribution in [2.24, 2.45) is 23.5 Å². The van der Waals surface area contributed by atoms with E-state index in [0.29, 0.717) is 13.0 Å². The van der Waals surface area contributed by atoms with Crippen LogP contribution in [0.2, 0.25) is 0 Å². The van der Waals surface area contributed by atoms with Gasteiger partial charge in [0.05, 0.1) is 5.92 Å². The van der Waals surface area contributed by atoms with Crippen LogP contribution in [0.5, 0.6) is 0 Å². The molecule has 0 aromatic carbocycles. The van der Waals surface area contributed by atoms with Gasteiger partial charge in [0.25, 0.3) is 0 Å². The van der Waals surface area contributed by atoms with Crippen molar-refractivity contribution in [1.82, 2.24) is 4.90 Å². The Kier molecular flexibility index (Phi) is 4.62. The zero-order valence-electron chi connectivity index (χ0n) is 11.8. The Morgan fingerprint density at radius 2 is 1.90 bits per heavy atom. The fraction of sp³-hybridized carbons (Fsp3) is 0.929. The molecule has 3 nitrogen and oxygen atoms in total. The van der Waals surface area contributed by atoms with E-state index in [1.807, 2.05) is 6.92 Å². The van der Waals surface area contributed by atoms with Crippen LogP contribution < -0.4 is 5.73 Å². The largest absolute Gasteiger partial charge is 0.393 e. The number of nitrogens with two attached hydrogens (primary N) is 1. The first-order chi connectivity index (χ1) is 9.30. The van der Waals surface area contributed by atoms with E-state index in [0.717, 1.165) is 19.3 Å². The number of carbonyl (C=O) groups excluding carboxylic acids is 1. The third-order valence-corrected chi connectivity index (χ3v) is 4.88. The second kappa shape index (κ2) is 5.92. The Morgan fingerprint density at radius 3 is 2.55 bits per heavy atom. The van der Waals surface area contributed by atoms with Crippen LogP contribution in [0.15, 0.2) is 0 Å². The number of hydrogen-bond donors (Lipinski definition) is 1. The third kappa shape index (κ3) is 3.27. The highest BCUT2D eigenvalue weighted by Crippen LogP contribution is 2.36. The lowest BCUT2D eigenvalue weighted by Crippen LogP contribution is -2.50. The van der Waals surface area contributed by atoms with Gasteiger partial charge in [-0.1, -0.05) is 13.3 Å². The average Bonchev–Trinajstić information content (AvgIpc) is 2.40. The molecule has 20 heavy (non-hydrogen) atoms. The summed E-state index contributed by atoms with van der Waals surface area (Å²) in [6.45, 7) is 2.21. The van der Waals surface area contributed by atoms with E-state index in [4.69, 9.17) is 5.73 Å². The summed E-state index contributed by atoms with van der Waals surface area (Å²) in [5.74, 6) is -1.64. The minimum absolute atomic E-state index is 0.0131. The molecule has 2 rings (SSSR count). The van der Waals surface area contributed by atoms with Crippen LogP contribution in [0.4, 0.5) is 13.2 Å². The number of halogens is 3. The summed E-state index contributed by atoms with van der Waals surface area (Å²) in [5, 5.41) is 0. The third-order valence-electron chi connectivity index (χ3n) is 4.88. The summed E-state index contributed by atoms with van der Waals surface area (Å²) in [4.78, 5) is 13.9. The lowest BCUT2D eigenvalue weighted by Gasteiger charge is -2.39. The summed E-state index contributed by atoms with van der Waals surface area (Å²) in [6.07, 6.45) is -1.10. The van der Waals surface area contributed by atoms with Crippen molar-refractivity contribution in [1.29, 1.82) is 0 Å². The van der Waals surface area contributed by atoms with Crippen LogP contribution in [0.1, 0.15) is 39.0 Å². The standard InChI is InChI=1S/C14H23F3N2O/c1-9-11(5-2-6-12(9)18)13(20)19-7-3-4-10(8-19)14(15,16)17/h9-12H,2-8,18H2,1H3. The smallest absolute Gasteiger partial charge is 0.342 e. The molecule has 1 aliphatic carbocycles. The van der Waals surface area contributed by atoms with Crippen molar-refractivity contribution in [3.05, 3.63) is 0 Å². The maximum Gasteiger partial charge on any atom is 0.393 e. The number of hydrogen-bond acceptors (Lipinski definition) is 2. The van der Waals surface area contributed by atoms with Crippen molar-refractivity contribution >= 4 is 5.91 Å². The van der Waals surface area contributed by atoms with Gasteiger partial charge >= 0.3 is 6.18 Å². The number of alkyl halides is 3. The first kappa shape index (κ1) is 15.6. The molecule has 6 heteroatoms. The van der Waals surface area contributed by atoms with Crippen LogP contribution >= 0.6 is 0 Å². The highest BCUT2D eigenvalue weighted by atomic mass is 19.4. The second-order valence-corrected chi connectivity index (χ2v) is 6.23. The number of rotatable bonds is 1. The molecule has 1 amide bonds. The number of carbonyl (C=O) groups is 1. The molecule has 1 heterocycles. The van der Waals surface area contributed by atoms with Crippen molar-refractivity contribution in [3.63, 3.8) is 0 Å². The number of piperidine rings is 1. The minimum Gasteiger partial charge on any atom is -0.342 e. The highest BCUT2D eigenvalue weighted by Gasteiger charge is 2.44. The number of likely N-dealkylation sites (tertiary alicyclic amines) is 1. The fourth-order valence-corrected chi connectivity index (χ4v) is 3.43. The normalized spacial score (nSPS) is 36.0. The van der Waals surface area contributed by atoms with Gasteiger partial charge < -0.3 is 10.6 Å². The van der Waals surface area contributed by atoms with Crippen molar-refractivity contribution < 1.29 is 18.0 Å². The van der Waals surface area contributed by atoms with E-state index < -0.39 is 12.1 Å². The summed E-state index contributed by atoms with van der Waals surface area (Å²) in [5.41, 5.74) is 5.98. The Morgan fingerprint density at radius 1 is 1.20 bits per heavy atom. The number of nitrogens with zero attached hydrogens (tertiary/aromatic N) is 1. The van der Waals surface area contributed by atoms with Crippen LogP contribution in [0, 0.1) is 17.8 Å². The predicted molar refractivity (Wildman–Crippen MR) is 69.8 cm³/mol. The Hall–Kier alpha value is -0.780. The summed E-state index contributed by atoms with van der Waals surface area (Å²) >= 11 is 0. The first-order valence-corrected chi connectivity index (χ1v) is 7.41. The summed E-state index contributed by atoms with van der Waals surface area (Å²) in [6, 6.07) is -0.0131. The van der Waals surface area contributed by atoms with E-state index in [1.165, 1.54) is 4.90 Å². The molecule has 1 saturated carbocycles. The second-order valence-electron chi connectivity index (χ2n) is 6.23. The lowest BCUT2D eigenvalue weighted by molar-refractivity contribution is -0.189. The van der Waals surface area contributed by atoms with E-state index >= 15 is 0 Å². The molecule has 1 saturated heterocycles. The maximum absolute atomic E-state index is 12.8. The highest BCUT2D eigenvalue weighted by molar-refractivity contribution is 5.79. The molecule has 2 fully saturated rings. The van der Waals surface area contributed by atoms with Crippen LogP contribution in [-0.2, 0) is 4.79 Å². The van der Waals surface area contributed by atoms with Crippen LogP contribution in [0.3, 0.4) is 0 Å². The van der Waals surface area contributed by atoms with Gasteiger partial charge in [-0.25, -0.2) is 0 Å². The van der Waals surface area contributed by atoms with Gasteiger partial charge in [0, 0.05) is 25.0 Å². The summed E-state index contributed by atoms with van der Waals surface area (Å²) < 4.78 is 38.4. The zero-order chi connectivity index (χ0) is 14.9. The molecular weight excluding hydrogens is 269 g/mol.